The first-order chi connectivity index (χ1) is 8.54. The second-order valence-corrected chi connectivity index (χ2v) is 5.52. The zero-order valence-corrected chi connectivity index (χ0v) is 12.1. The molecule has 4 nitrogen and oxygen atoms in total. The average Bonchev–Trinajstić information content (AvgIpc) is 2.34. The monoisotopic (exact) mass is 288 g/mol. The topological polar surface area (TPSA) is 55.2 Å². The Morgan fingerprint density at radius 1 is 1.56 bits per heavy atom. The zero-order valence-electron chi connectivity index (χ0n) is 10.5. The lowest BCUT2D eigenvalue weighted by Gasteiger charge is -2.13. The highest BCUT2D eigenvalue weighted by molar-refractivity contribution is 7.98. The number of nitro benzene ring substituents is 1. The number of hydrogen-bond acceptors (Lipinski definition) is 4. The molecule has 18 heavy (non-hydrogen) atoms. The molecule has 0 fully saturated rings. The predicted octanol–water partition coefficient (Wildman–Crippen LogP) is 3.48. The molecule has 0 bridgehead atoms. The van der Waals surface area contributed by atoms with E-state index in [1.165, 1.54) is 6.07 Å². The van der Waals surface area contributed by atoms with Crippen LogP contribution in [-0.2, 0) is 6.54 Å². The Balaban J connectivity index is 2.64. The first-order valence-corrected chi connectivity index (χ1v) is 7.47. The van der Waals surface area contributed by atoms with Gasteiger partial charge in [0.05, 0.1) is 4.92 Å². The van der Waals surface area contributed by atoms with E-state index in [1.54, 1.807) is 23.9 Å². The molecule has 1 N–H and O–H groups in total. The van der Waals surface area contributed by atoms with Crippen LogP contribution >= 0.6 is 23.4 Å². The van der Waals surface area contributed by atoms with E-state index in [0.29, 0.717) is 23.2 Å². The van der Waals surface area contributed by atoms with Crippen molar-refractivity contribution < 1.29 is 4.92 Å². The minimum absolute atomic E-state index is 0.0760. The van der Waals surface area contributed by atoms with Crippen LogP contribution in [0.25, 0.3) is 0 Å². The maximum atomic E-state index is 10.9. The van der Waals surface area contributed by atoms with E-state index in [-0.39, 0.29) is 5.69 Å². The van der Waals surface area contributed by atoms with Crippen LogP contribution < -0.4 is 5.32 Å². The molecule has 1 aromatic rings. The summed E-state index contributed by atoms with van der Waals surface area (Å²) in [5, 5.41) is 14.6. The number of nitrogens with one attached hydrogen (secondary N) is 1. The zero-order chi connectivity index (χ0) is 13.5. The smallest absolute Gasteiger partial charge is 0.275 e. The van der Waals surface area contributed by atoms with Crippen LogP contribution in [0.1, 0.15) is 18.9 Å². The third-order valence-corrected chi connectivity index (χ3v) is 3.52. The van der Waals surface area contributed by atoms with Crippen molar-refractivity contribution in [3.05, 3.63) is 38.9 Å². The van der Waals surface area contributed by atoms with Gasteiger partial charge in [0.2, 0.25) is 0 Å². The summed E-state index contributed by atoms with van der Waals surface area (Å²) in [5.74, 6) is 1.08. The maximum Gasteiger partial charge on any atom is 0.275 e. The van der Waals surface area contributed by atoms with Crippen LogP contribution in [0.5, 0.6) is 0 Å². The fraction of sp³-hybridized carbons (Fsp3) is 0.500. The molecule has 1 unspecified atom stereocenters. The molecule has 0 saturated carbocycles. The van der Waals surface area contributed by atoms with E-state index in [0.717, 1.165) is 12.2 Å². The Bertz CT molecular complexity index is 415. The van der Waals surface area contributed by atoms with Crippen LogP contribution in [-0.4, -0.2) is 23.0 Å². The van der Waals surface area contributed by atoms with Crippen LogP contribution in [0.3, 0.4) is 0 Å². The third kappa shape index (κ3) is 4.84. The fourth-order valence-electron chi connectivity index (χ4n) is 1.54. The Kier molecular flexibility index (Phi) is 6.46. The van der Waals surface area contributed by atoms with Gasteiger partial charge in [0.1, 0.15) is 0 Å². The molecule has 0 heterocycles. The number of thioether (sulfide) groups is 1. The summed E-state index contributed by atoms with van der Waals surface area (Å²) >= 11 is 7.56. The van der Waals surface area contributed by atoms with Gasteiger partial charge in [0, 0.05) is 29.2 Å². The average molecular weight is 289 g/mol. The minimum Gasteiger partial charge on any atom is -0.310 e. The van der Waals surface area contributed by atoms with Gasteiger partial charge in [-0.05, 0) is 37.5 Å². The number of benzene rings is 1. The summed E-state index contributed by atoms with van der Waals surface area (Å²) < 4.78 is 0. The Morgan fingerprint density at radius 2 is 2.28 bits per heavy atom. The normalized spacial score (nSPS) is 12.4. The van der Waals surface area contributed by atoms with Gasteiger partial charge in [-0.3, -0.25) is 10.1 Å². The quantitative estimate of drug-likeness (QED) is 0.616. The molecule has 0 aliphatic carbocycles. The summed E-state index contributed by atoms with van der Waals surface area (Å²) in [7, 11) is 0. The Hall–Kier alpha value is -0.780. The van der Waals surface area contributed by atoms with Crippen LogP contribution in [0.15, 0.2) is 18.2 Å². The van der Waals surface area contributed by atoms with Gasteiger partial charge in [-0.2, -0.15) is 11.8 Å². The lowest BCUT2D eigenvalue weighted by molar-refractivity contribution is -0.385. The molecule has 0 radical (unpaired) electrons. The maximum absolute atomic E-state index is 10.9. The number of rotatable bonds is 7. The van der Waals surface area contributed by atoms with Gasteiger partial charge >= 0.3 is 0 Å². The molecule has 0 aliphatic rings. The van der Waals surface area contributed by atoms with Gasteiger partial charge < -0.3 is 5.32 Å². The molecule has 0 amide bonds. The Morgan fingerprint density at radius 3 is 2.89 bits per heavy atom. The highest BCUT2D eigenvalue weighted by atomic mass is 35.5. The van der Waals surface area contributed by atoms with Crippen molar-refractivity contribution in [1.29, 1.82) is 0 Å². The molecule has 0 aliphatic heterocycles. The summed E-state index contributed by atoms with van der Waals surface area (Å²) in [4.78, 5) is 10.5. The number of nitrogens with zero attached hydrogens (tertiary/aromatic N) is 1. The number of halogens is 1. The van der Waals surface area contributed by atoms with E-state index in [1.807, 2.05) is 0 Å². The number of nitro groups is 1. The van der Waals surface area contributed by atoms with Crippen molar-refractivity contribution in [1.82, 2.24) is 5.32 Å². The van der Waals surface area contributed by atoms with Gasteiger partial charge in [-0.15, -0.1) is 0 Å². The van der Waals surface area contributed by atoms with Crippen molar-refractivity contribution in [2.45, 2.75) is 25.9 Å². The van der Waals surface area contributed by atoms with Gasteiger partial charge in [-0.25, -0.2) is 0 Å². The van der Waals surface area contributed by atoms with Crippen molar-refractivity contribution in [3.8, 4) is 0 Å². The van der Waals surface area contributed by atoms with Crippen LogP contribution in [0.2, 0.25) is 5.02 Å². The lowest BCUT2D eigenvalue weighted by Crippen LogP contribution is -2.26. The molecule has 100 valence electrons. The first kappa shape index (κ1) is 15.3. The molecular formula is C12H17ClN2O2S. The van der Waals surface area contributed by atoms with Crippen molar-refractivity contribution in [3.63, 3.8) is 0 Å². The molecule has 0 spiro atoms. The lowest BCUT2D eigenvalue weighted by atomic mass is 10.1. The van der Waals surface area contributed by atoms with Crippen molar-refractivity contribution in [2.24, 2.45) is 0 Å². The van der Waals surface area contributed by atoms with E-state index in [2.05, 4.69) is 18.5 Å². The first-order valence-electron chi connectivity index (χ1n) is 5.69. The summed E-state index contributed by atoms with van der Waals surface area (Å²) in [6.45, 7) is 2.57. The summed E-state index contributed by atoms with van der Waals surface area (Å²) in [6, 6.07) is 5.12. The SMILES string of the molecule is CSCCC(C)NCc1ccc(Cl)cc1[N+](=O)[O-]. The van der Waals surface area contributed by atoms with Gasteiger partial charge in [0.15, 0.2) is 0 Å². The molecule has 1 atom stereocenters. The third-order valence-electron chi connectivity index (χ3n) is 2.64. The van der Waals surface area contributed by atoms with Gasteiger partial charge in [0.25, 0.3) is 5.69 Å². The predicted molar refractivity (Wildman–Crippen MR) is 77.4 cm³/mol. The van der Waals surface area contributed by atoms with E-state index >= 15 is 0 Å². The standard InChI is InChI=1S/C12H17ClN2O2S/c1-9(5-6-18-2)14-8-10-3-4-11(13)7-12(10)15(16)17/h3-4,7,9,14H,5-6,8H2,1-2H3. The van der Waals surface area contributed by atoms with Gasteiger partial charge in [-0.1, -0.05) is 11.6 Å². The molecule has 6 heteroatoms. The number of hydrogen-bond donors (Lipinski definition) is 1. The van der Waals surface area contributed by atoms with E-state index < -0.39 is 4.92 Å². The van der Waals surface area contributed by atoms with Crippen molar-refractivity contribution >= 4 is 29.1 Å². The summed E-state index contributed by atoms with van der Waals surface area (Å²) in [6.07, 6.45) is 3.11. The highest BCUT2D eigenvalue weighted by Crippen LogP contribution is 2.23. The van der Waals surface area contributed by atoms with E-state index in [4.69, 9.17) is 11.6 Å². The molecule has 0 aromatic heterocycles. The van der Waals surface area contributed by atoms with Crippen LogP contribution in [0.4, 0.5) is 5.69 Å². The van der Waals surface area contributed by atoms with Crippen molar-refractivity contribution in [2.75, 3.05) is 12.0 Å². The molecule has 1 rings (SSSR count). The highest BCUT2D eigenvalue weighted by Gasteiger charge is 2.14. The molecular weight excluding hydrogens is 272 g/mol. The second kappa shape index (κ2) is 7.61. The summed E-state index contributed by atoms with van der Waals surface area (Å²) in [5.41, 5.74) is 0.743. The molecule has 1 aromatic carbocycles. The minimum atomic E-state index is -0.393. The molecule has 0 saturated heterocycles. The Labute approximate surface area is 116 Å². The van der Waals surface area contributed by atoms with Crippen LogP contribution in [0, 0.1) is 10.1 Å². The van der Waals surface area contributed by atoms with E-state index in [9.17, 15) is 10.1 Å². The second-order valence-electron chi connectivity index (χ2n) is 4.09. The largest absolute Gasteiger partial charge is 0.310 e. The fourth-order valence-corrected chi connectivity index (χ4v) is 2.29.